The predicted molar refractivity (Wildman–Crippen MR) is 107 cm³/mol. The largest absolute Gasteiger partial charge is 0.467 e. The molecule has 142 valence electrons. The number of hydrogen-bond donors (Lipinski definition) is 1. The Kier molecular flexibility index (Phi) is 5.92. The van der Waals surface area contributed by atoms with Gasteiger partial charge in [0.1, 0.15) is 5.76 Å². The van der Waals surface area contributed by atoms with Crippen molar-refractivity contribution in [2.75, 3.05) is 0 Å². The molecule has 0 saturated carbocycles. The quantitative estimate of drug-likeness (QED) is 0.495. The summed E-state index contributed by atoms with van der Waals surface area (Å²) in [5.74, 6) is 0.519. The van der Waals surface area contributed by atoms with Crippen LogP contribution in [0.1, 0.15) is 32.6 Å². The first-order chi connectivity index (χ1) is 12.9. The summed E-state index contributed by atoms with van der Waals surface area (Å²) in [5, 5.41) is 3.90. The third-order valence-corrected chi connectivity index (χ3v) is 5.32. The second kappa shape index (κ2) is 8.19. The average molecular weight is 406 g/mol. The molecular formula is C19H20ClN3O3S. The molecule has 0 bridgehead atoms. The van der Waals surface area contributed by atoms with Gasteiger partial charge in [-0.25, -0.2) is 4.98 Å². The number of furan rings is 1. The number of nitrogens with zero attached hydrogens (tertiary/aromatic N) is 2. The topological polar surface area (TPSA) is 77.1 Å². The Bertz CT molecular complexity index is 1010. The number of hydrogen-bond acceptors (Lipinski definition) is 5. The number of amides is 1. The normalized spacial score (nSPS) is 12.5. The highest BCUT2D eigenvalue weighted by Gasteiger charge is 2.20. The van der Waals surface area contributed by atoms with Gasteiger partial charge in [-0.1, -0.05) is 23.4 Å². The molecule has 0 saturated heterocycles. The molecule has 0 fully saturated rings. The number of rotatable bonds is 6. The minimum Gasteiger partial charge on any atom is -0.467 e. The maximum absolute atomic E-state index is 12.9. The Morgan fingerprint density at radius 1 is 1.33 bits per heavy atom. The zero-order valence-electron chi connectivity index (χ0n) is 15.2. The minimum absolute atomic E-state index is 0.0917. The first-order valence-electron chi connectivity index (χ1n) is 8.55. The maximum atomic E-state index is 12.9. The first kappa shape index (κ1) is 19.5. The van der Waals surface area contributed by atoms with Crippen LogP contribution in [0, 0.1) is 0 Å². The number of carbonyl (C=O) groups excluding carboxylic acids is 1. The molecule has 0 spiro atoms. The van der Waals surface area contributed by atoms with Crippen LogP contribution in [0.4, 0.5) is 0 Å². The molecule has 0 aliphatic heterocycles. The number of thioether (sulfide) groups is 1. The molecule has 3 aromatic rings. The fraction of sp³-hybridized carbons (Fsp3) is 0.316. The average Bonchev–Trinajstić information content (AvgIpc) is 3.12. The molecule has 0 radical (unpaired) electrons. The van der Waals surface area contributed by atoms with Gasteiger partial charge in [0.25, 0.3) is 5.56 Å². The fourth-order valence-corrected chi connectivity index (χ4v) is 3.86. The van der Waals surface area contributed by atoms with Crippen LogP contribution in [0.2, 0.25) is 5.02 Å². The van der Waals surface area contributed by atoms with Crippen molar-refractivity contribution in [3.63, 3.8) is 0 Å². The van der Waals surface area contributed by atoms with Crippen LogP contribution < -0.4 is 10.9 Å². The van der Waals surface area contributed by atoms with Crippen LogP contribution in [-0.4, -0.2) is 20.7 Å². The Hall–Kier alpha value is -2.25. The summed E-state index contributed by atoms with van der Waals surface area (Å²) in [6, 6.07) is 8.49. The Labute approximate surface area is 165 Å². The standard InChI is InChI=1S/C19H20ClN3O3S/c1-11(2)23-18(25)15-7-6-13(20)9-16(15)22-19(23)27-12(3)17(24)21-10-14-5-4-8-26-14/h4-9,11-12H,10H2,1-3H3,(H,21,24)/t12-/m0/s1. The summed E-state index contributed by atoms with van der Waals surface area (Å²) in [6.07, 6.45) is 1.56. The van der Waals surface area contributed by atoms with Crippen molar-refractivity contribution in [3.8, 4) is 0 Å². The van der Waals surface area contributed by atoms with E-state index in [0.717, 1.165) is 0 Å². The summed E-state index contributed by atoms with van der Waals surface area (Å²) >= 11 is 7.29. The summed E-state index contributed by atoms with van der Waals surface area (Å²) in [7, 11) is 0. The third kappa shape index (κ3) is 4.36. The molecule has 1 N–H and O–H groups in total. The van der Waals surface area contributed by atoms with E-state index in [-0.39, 0.29) is 17.5 Å². The zero-order valence-corrected chi connectivity index (χ0v) is 16.8. The number of fused-ring (bicyclic) bond motifs is 1. The molecule has 3 rings (SSSR count). The number of aromatic nitrogens is 2. The molecule has 8 heteroatoms. The number of nitrogens with one attached hydrogen (secondary N) is 1. The molecule has 0 unspecified atom stereocenters. The lowest BCUT2D eigenvalue weighted by molar-refractivity contribution is -0.120. The molecule has 27 heavy (non-hydrogen) atoms. The summed E-state index contributed by atoms with van der Waals surface area (Å²) < 4.78 is 6.82. The molecule has 2 aromatic heterocycles. The molecular weight excluding hydrogens is 386 g/mol. The van der Waals surface area contributed by atoms with E-state index < -0.39 is 5.25 Å². The monoisotopic (exact) mass is 405 g/mol. The van der Waals surface area contributed by atoms with Gasteiger partial charge in [-0.3, -0.25) is 14.2 Å². The molecule has 2 heterocycles. The van der Waals surface area contributed by atoms with Crippen LogP contribution in [0.15, 0.2) is 51.0 Å². The van der Waals surface area contributed by atoms with Crippen LogP contribution >= 0.6 is 23.4 Å². The van der Waals surface area contributed by atoms with Gasteiger partial charge in [-0.15, -0.1) is 0 Å². The van der Waals surface area contributed by atoms with Gasteiger partial charge in [0, 0.05) is 11.1 Å². The van der Waals surface area contributed by atoms with Crippen LogP contribution in [0.25, 0.3) is 10.9 Å². The van der Waals surface area contributed by atoms with E-state index in [1.807, 2.05) is 13.8 Å². The SMILES string of the molecule is CC(C)n1c(S[C@@H](C)C(=O)NCc2ccco2)nc2cc(Cl)ccc2c1=O. The van der Waals surface area contributed by atoms with Crippen LogP contribution in [0.5, 0.6) is 0 Å². The zero-order chi connectivity index (χ0) is 19.6. The lowest BCUT2D eigenvalue weighted by Crippen LogP contribution is -2.32. The van der Waals surface area contributed by atoms with Crippen LogP contribution in [0.3, 0.4) is 0 Å². The van der Waals surface area contributed by atoms with Crippen molar-refractivity contribution < 1.29 is 9.21 Å². The van der Waals surface area contributed by atoms with E-state index in [1.54, 1.807) is 48.1 Å². The highest BCUT2D eigenvalue weighted by molar-refractivity contribution is 8.00. The van der Waals surface area contributed by atoms with Gasteiger partial charge in [0.15, 0.2) is 5.16 Å². The fourth-order valence-electron chi connectivity index (χ4n) is 2.63. The predicted octanol–water partition coefficient (Wildman–Crippen LogP) is 4.02. The van der Waals surface area contributed by atoms with E-state index in [4.69, 9.17) is 16.0 Å². The molecule has 1 atom stereocenters. The van der Waals surface area contributed by atoms with Crippen molar-refractivity contribution >= 4 is 40.2 Å². The van der Waals surface area contributed by atoms with E-state index >= 15 is 0 Å². The van der Waals surface area contributed by atoms with Gasteiger partial charge in [0.2, 0.25) is 5.91 Å². The van der Waals surface area contributed by atoms with Crippen molar-refractivity contribution in [2.24, 2.45) is 0 Å². The highest BCUT2D eigenvalue weighted by Crippen LogP contribution is 2.26. The first-order valence-corrected chi connectivity index (χ1v) is 9.81. The Morgan fingerprint density at radius 3 is 2.78 bits per heavy atom. The number of benzene rings is 1. The molecule has 1 amide bonds. The van der Waals surface area contributed by atoms with Crippen molar-refractivity contribution in [2.45, 2.75) is 43.8 Å². The van der Waals surface area contributed by atoms with Gasteiger partial charge in [0.05, 0.1) is 29.0 Å². The summed E-state index contributed by atoms with van der Waals surface area (Å²) in [5.41, 5.74) is 0.382. The Balaban J connectivity index is 1.87. The minimum atomic E-state index is -0.437. The summed E-state index contributed by atoms with van der Waals surface area (Å²) in [4.78, 5) is 29.9. The van der Waals surface area contributed by atoms with E-state index in [1.165, 1.54) is 11.8 Å². The molecule has 0 aliphatic rings. The third-order valence-electron chi connectivity index (χ3n) is 4.02. The van der Waals surface area contributed by atoms with Crippen molar-refractivity contribution in [1.82, 2.24) is 14.9 Å². The van der Waals surface area contributed by atoms with Crippen molar-refractivity contribution in [1.29, 1.82) is 0 Å². The van der Waals surface area contributed by atoms with Gasteiger partial charge >= 0.3 is 0 Å². The van der Waals surface area contributed by atoms with E-state index in [2.05, 4.69) is 10.3 Å². The lowest BCUT2D eigenvalue weighted by atomic mass is 10.2. The number of halogens is 1. The van der Waals surface area contributed by atoms with E-state index in [9.17, 15) is 9.59 Å². The van der Waals surface area contributed by atoms with Gasteiger partial charge in [-0.2, -0.15) is 0 Å². The number of carbonyl (C=O) groups is 1. The highest BCUT2D eigenvalue weighted by atomic mass is 35.5. The maximum Gasteiger partial charge on any atom is 0.262 e. The summed E-state index contributed by atoms with van der Waals surface area (Å²) in [6.45, 7) is 5.92. The second-order valence-corrected chi connectivity index (χ2v) is 8.13. The van der Waals surface area contributed by atoms with E-state index in [0.29, 0.717) is 33.4 Å². The van der Waals surface area contributed by atoms with Crippen LogP contribution in [-0.2, 0) is 11.3 Å². The lowest BCUT2D eigenvalue weighted by Gasteiger charge is -2.18. The molecule has 6 nitrogen and oxygen atoms in total. The molecule has 1 aromatic carbocycles. The second-order valence-electron chi connectivity index (χ2n) is 6.38. The Morgan fingerprint density at radius 2 is 2.11 bits per heavy atom. The van der Waals surface area contributed by atoms with Crippen molar-refractivity contribution in [3.05, 3.63) is 57.7 Å². The van der Waals surface area contributed by atoms with Gasteiger partial charge in [-0.05, 0) is 51.1 Å². The smallest absolute Gasteiger partial charge is 0.262 e. The van der Waals surface area contributed by atoms with Gasteiger partial charge < -0.3 is 9.73 Å². The molecule has 0 aliphatic carbocycles.